The lowest BCUT2D eigenvalue weighted by Crippen LogP contribution is -2.26. The van der Waals surface area contributed by atoms with Gasteiger partial charge in [-0.2, -0.15) is 0 Å². The summed E-state index contributed by atoms with van der Waals surface area (Å²) in [4.78, 5) is 14.1. The number of esters is 1. The van der Waals surface area contributed by atoms with Crippen LogP contribution >= 0.6 is 11.6 Å². The van der Waals surface area contributed by atoms with E-state index in [-0.39, 0.29) is 12.0 Å². The van der Waals surface area contributed by atoms with Crippen LogP contribution in [0.3, 0.4) is 0 Å². The second kappa shape index (κ2) is 6.54. The number of nitrogens with zero attached hydrogens (tertiary/aromatic N) is 1. The standard InChI is InChI=1S/C15H21ClN2O3/c1-3-21-15(20)12-6-11(17)7-13(16)14(12)18-5-4-10(8-18)9(2)19/h6-7,9-10,19H,3-5,8,17H2,1-2H3. The number of benzene rings is 1. The van der Waals surface area contributed by atoms with Gasteiger partial charge in [0, 0.05) is 24.7 Å². The van der Waals surface area contributed by atoms with Crippen LogP contribution in [0.4, 0.5) is 11.4 Å². The number of hydrogen-bond acceptors (Lipinski definition) is 5. The molecule has 1 saturated heterocycles. The Bertz CT molecular complexity index is 534. The molecule has 1 heterocycles. The minimum Gasteiger partial charge on any atom is -0.462 e. The maximum absolute atomic E-state index is 12.1. The molecule has 1 aromatic carbocycles. The Hall–Kier alpha value is -1.46. The summed E-state index contributed by atoms with van der Waals surface area (Å²) in [6.07, 6.45) is 0.481. The van der Waals surface area contributed by atoms with Gasteiger partial charge in [0.2, 0.25) is 0 Å². The average Bonchev–Trinajstić information content (AvgIpc) is 2.87. The van der Waals surface area contributed by atoms with Crippen molar-refractivity contribution in [3.8, 4) is 0 Å². The van der Waals surface area contributed by atoms with Crippen LogP contribution < -0.4 is 10.6 Å². The molecule has 21 heavy (non-hydrogen) atoms. The molecule has 1 fully saturated rings. The third-order valence-corrected chi connectivity index (χ3v) is 4.09. The molecule has 0 amide bonds. The predicted octanol–water partition coefficient (Wildman–Crippen LogP) is 2.31. The number of aliphatic hydroxyl groups is 1. The lowest BCUT2D eigenvalue weighted by Gasteiger charge is -2.23. The van der Waals surface area contributed by atoms with Crippen LogP contribution in [0.2, 0.25) is 5.02 Å². The van der Waals surface area contributed by atoms with E-state index in [1.54, 1.807) is 26.0 Å². The van der Waals surface area contributed by atoms with E-state index < -0.39 is 5.97 Å². The number of ether oxygens (including phenoxy) is 1. The number of aliphatic hydroxyl groups excluding tert-OH is 1. The van der Waals surface area contributed by atoms with Crippen LogP contribution in [0.25, 0.3) is 0 Å². The zero-order valence-corrected chi connectivity index (χ0v) is 13.1. The number of halogens is 1. The minimum absolute atomic E-state index is 0.175. The van der Waals surface area contributed by atoms with Crippen LogP contribution in [0.15, 0.2) is 12.1 Å². The minimum atomic E-state index is -0.429. The van der Waals surface area contributed by atoms with Crippen molar-refractivity contribution in [2.45, 2.75) is 26.4 Å². The number of nitrogens with two attached hydrogens (primary N) is 1. The number of carbonyl (C=O) groups excluding carboxylic acids is 1. The van der Waals surface area contributed by atoms with Gasteiger partial charge in [0.1, 0.15) is 0 Å². The van der Waals surface area contributed by atoms with E-state index in [9.17, 15) is 9.90 Å². The summed E-state index contributed by atoms with van der Waals surface area (Å²) >= 11 is 6.29. The Morgan fingerprint density at radius 1 is 1.62 bits per heavy atom. The van der Waals surface area contributed by atoms with Crippen LogP contribution in [-0.2, 0) is 4.74 Å². The van der Waals surface area contributed by atoms with Gasteiger partial charge in [0.25, 0.3) is 0 Å². The van der Waals surface area contributed by atoms with Gasteiger partial charge in [0.05, 0.1) is 29.0 Å². The van der Waals surface area contributed by atoms with Crippen molar-refractivity contribution < 1.29 is 14.6 Å². The maximum Gasteiger partial charge on any atom is 0.340 e. The third-order valence-electron chi connectivity index (χ3n) is 3.80. The van der Waals surface area contributed by atoms with Gasteiger partial charge in [-0.25, -0.2) is 4.79 Å². The average molecular weight is 313 g/mol. The molecule has 5 nitrogen and oxygen atoms in total. The molecule has 0 spiro atoms. The highest BCUT2D eigenvalue weighted by molar-refractivity contribution is 6.34. The van der Waals surface area contributed by atoms with Crippen molar-refractivity contribution >= 4 is 28.9 Å². The van der Waals surface area contributed by atoms with Gasteiger partial charge >= 0.3 is 5.97 Å². The molecule has 0 aliphatic carbocycles. The van der Waals surface area contributed by atoms with Crippen molar-refractivity contribution in [3.63, 3.8) is 0 Å². The Morgan fingerprint density at radius 2 is 2.33 bits per heavy atom. The summed E-state index contributed by atoms with van der Waals surface area (Å²) in [5, 5.41) is 10.2. The molecular formula is C15H21ClN2O3. The van der Waals surface area contributed by atoms with E-state index in [1.807, 2.05) is 4.90 Å². The molecule has 6 heteroatoms. The smallest absolute Gasteiger partial charge is 0.340 e. The van der Waals surface area contributed by atoms with E-state index in [4.69, 9.17) is 22.1 Å². The zero-order chi connectivity index (χ0) is 15.6. The molecule has 116 valence electrons. The number of nitrogen functional groups attached to an aromatic ring is 1. The molecular weight excluding hydrogens is 292 g/mol. The summed E-state index contributed by atoms with van der Waals surface area (Å²) in [6, 6.07) is 3.23. The fraction of sp³-hybridized carbons (Fsp3) is 0.533. The van der Waals surface area contributed by atoms with Crippen LogP contribution in [0.5, 0.6) is 0 Å². The molecule has 2 rings (SSSR count). The van der Waals surface area contributed by atoms with E-state index in [1.165, 1.54) is 0 Å². The first-order chi connectivity index (χ1) is 9.93. The third kappa shape index (κ3) is 3.41. The fourth-order valence-electron chi connectivity index (χ4n) is 2.69. The molecule has 0 saturated carbocycles. The summed E-state index contributed by atoms with van der Waals surface area (Å²) < 4.78 is 5.08. The molecule has 0 radical (unpaired) electrons. The first-order valence-electron chi connectivity index (χ1n) is 7.13. The highest BCUT2D eigenvalue weighted by Gasteiger charge is 2.30. The lowest BCUT2D eigenvalue weighted by molar-refractivity contribution is 0.0527. The van der Waals surface area contributed by atoms with E-state index >= 15 is 0 Å². The Balaban J connectivity index is 2.36. The van der Waals surface area contributed by atoms with Gasteiger partial charge < -0.3 is 20.5 Å². The first kappa shape index (κ1) is 15.9. The topological polar surface area (TPSA) is 75.8 Å². The quantitative estimate of drug-likeness (QED) is 0.659. The van der Waals surface area contributed by atoms with E-state index in [2.05, 4.69) is 0 Å². The second-order valence-corrected chi connectivity index (χ2v) is 5.76. The number of carbonyl (C=O) groups is 1. The Morgan fingerprint density at radius 3 is 2.90 bits per heavy atom. The summed E-state index contributed by atoms with van der Waals surface area (Å²) in [5.74, 6) is -0.254. The lowest BCUT2D eigenvalue weighted by atomic mass is 10.0. The van der Waals surface area contributed by atoms with Crippen LogP contribution in [0, 0.1) is 5.92 Å². The van der Waals surface area contributed by atoms with Gasteiger partial charge in [-0.05, 0) is 32.4 Å². The molecule has 1 aliphatic rings. The fourth-order valence-corrected chi connectivity index (χ4v) is 3.04. The normalized spacial score (nSPS) is 19.6. The molecule has 0 bridgehead atoms. The van der Waals surface area contributed by atoms with Gasteiger partial charge in [0.15, 0.2) is 0 Å². The summed E-state index contributed by atoms with van der Waals surface area (Å²) in [5.41, 5.74) is 7.24. The van der Waals surface area contributed by atoms with Crippen LogP contribution in [-0.4, -0.2) is 36.9 Å². The van der Waals surface area contributed by atoms with Crippen molar-refractivity contribution in [1.29, 1.82) is 0 Å². The first-order valence-corrected chi connectivity index (χ1v) is 7.51. The molecule has 1 aliphatic heterocycles. The molecule has 1 aromatic rings. The SMILES string of the molecule is CCOC(=O)c1cc(N)cc(Cl)c1N1CCC(C(C)O)C1. The zero-order valence-electron chi connectivity index (χ0n) is 12.3. The highest BCUT2D eigenvalue weighted by Crippen LogP contribution is 2.36. The molecule has 2 atom stereocenters. The van der Waals surface area contributed by atoms with E-state index in [0.717, 1.165) is 13.0 Å². The summed E-state index contributed by atoms with van der Waals surface area (Å²) in [7, 11) is 0. The maximum atomic E-state index is 12.1. The highest BCUT2D eigenvalue weighted by atomic mass is 35.5. The number of rotatable bonds is 4. The van der Waals surface area contributed by atoms with Gasteiger partial charge in [-0.1, -0.05) is 11.6 Å². The van der Waals surface area contributed by atoms with Gasteiger partial charge in [-0.3, -0.25) is 0 Å². The van der Waals surface area contributed by atoms with Crippen LogP contribution in [0.1, 0.15) is 30.6 Å². The van der Waals surface area contributed by atoms with E-state index in [0.29, 0.717) is 35.1 Å². The predicted molar refractivity (Wildman–Crippen MR) is 83.8 cm³/mol. The second-order valence-electron chi connectivity index (χ2n) is 5.35. The molecule has 0 aromatic heterocycles. The Kier molecular flexibility index (Phi) is 4.96. The van der Waals surface area contributed by atoms with Crippen molar-refractivity contribution in [2.75, 3.05) is 30.3 Å². The number of hydrogen-bond donors (Lipinski definition) is 2. The van der Waals surface area contributed by atoms with Crippen molar-refractivity contribution in [1.82, 2.24) is 0 Å². The van der Waals surface area contributed by atoms with Gasteiger partial charge in [-0.15, -0.1) is 0 Å². The molecule has 3 N–H and O–H groups in total. The Labute approximate surface area is 129 Å². The number of anilines is 2. The largest absolute Gasteiger partial charge is 0.462 e. The van der Waals surface area contributed by atoms with Crippen molar-refractivity contribution in [3.05, 3.63) is 22.7 Å². The molecule has 2 unspecified atom stereocenters. The van der Waals surface area contributed by atoms with Crippen molar-refractivity contribution in [2.24, 2.45) is 5.92 Å². The summed E-state index contributed by atoms with van der Waals surface area (Å²) in [6.45, 7) is 5.23. The monoisotopic (exact) mass is 312 g/mol.